The number of hydrogen-bond donors (Lipinski definition) is 0. The highest BCUT2D eigenvalue weighted by Crippen LogP contribution is 2.24. The fourth-order valence-electron chi connectivity index (χ4n) is 1.73. The molecule has 0 amide bonds. The first-order chi connectivity index (χ1) is 9.56. The molecule has 3 aromatic rings. The minimum Gasteiger partial charge on any atom is -0.251 e. The first-order valence-corrected chi connectivity index (χ1v) is 5.88. The molecule has 0 fully saturated rings. The maximum absolute atomic E-state index is 13.1. The minimum atomic E-state index is -2.69. The van der Waals surface area contributed by atoms with Crippen molar-refractivity contribution in [3.63, 3.8) is 0 Å². The van der Waals surface area contributed by atoms with Crippen LogP contribution in [-0.4, -0.2) is 19.6 Å². The second-order valence-corrected chi connectivity index (χ2v) is 4.36. The van der Waals surface area contributed by atoms with Gasteiger partial charge in [-0.3, -0.25) is 4.98 Å². The highest BCUT2D eigenvalue weighted by Gasteiger charge is 2.14. The van der Waals surface area contributed by atoms with Crippen LogP contribution >= 0.6 is 11.6 Å². The van der Waals surface area contributed by atoms with E-state index in [0.717, 1.165) is 6.20 Å². The van der Waals surface area contributed by atoms with Crippen LogP contribution in [0.3, 0.4) is 0 Å². The maximum Gasteiger partial charge on any atom is 0.282 e. The summed E-state index contributed by atoms with van der Waals surface area (Å²) >= 11 is 5.68. The lowest BCUT2D eigenvalue weighted by molar-refractivity contribution is 0.144. The van der Waals surface area contributed by atoms with E-state index in [0.29, 0.717) is 17.0 Å². The molecule has 0 aliphatic heterocycles. The lowest BCUT2D eigenvalue weighted by Gasteiger charge is -2.03. The number of halogens is 4. The van der Waals surface area contributed by atoms with Gasteiger partial charge in [0, 0.05) is 0 Å². The van der Waals surface area contributed by atoms with Gasteiger partial charge >= 0.3 is 0 Å². The van der Waals surface area contributed by atoms with E-state index < -0.39 is 12.2 Å². The van der Waals surface area contributed by atoms with Crippen LogP contribution in [0.5, 0.6) is 0 Å². The molecule has 0 saturated carbocycles. The van der Waals surface area contributed by atoms with Gasteiger partial charge in [-0.25, -0.2) is 22.7 Å². The topological polar surface area (TPSA) is 43.1 Å². The van der Waals surface area contributed by atoms with Crippen LogP contribution in [0, 0.1) is 5.82 Å². The molecule has 3 rings (SSSR count). The lowest BCUT2D eigenvalue weighted by Crippen LogP contribution is -2.00. The van der Waals surface area contributed by atoms with Crippen molar-refractivity contribution in [3.05, 3.63) is 47.1 Å². The molecule has 0 spiro atoms. The highest BCUT2D eigenvalue weighted by molar-refractivity contribution is 6.30. The summed E-state index contributed by atoms with van der Waals surface area (Å²) in [6.07, 6.45) is -0.332. The average molecular weight is 299 g/mol. The predicted octanol–water partition coefficient (Wildman–Crippen LogP) is 3.52. The summed E-state index contributed by atoms with van der Waals surface area (Å²) in [5.74, 6) is -0.662. The quantitative estimate of drug-likeness (QED) is 0.727. The van der Waals surface area contributed by atoms with Crippen LogP contribution in [0.1, 0.15) is 12.1 Å². The molecule has 0 N–H and O–H groups in total. The van der Waals surface area contributed by atoms with Crippen LogP contribution in [-0.2, 0) is 0 Å². The first kappa shape index (κ1) is 12.9. The number of aromatic nitrogens is 4. The molecule has 0 atom stereocenters. The van der Waals surface area contributed by atoms with Crippen molar-refractivity contribution < 1.29 is 13.2 Å². The van der Waals surface area contributed by atoms with Gasteiger partial charge in [0.1, 0.15) is 11.4 Å². The highest BCUT2D eigenvalue weighted by atomic mass is 35.5. The molecule has 0 aliphatic carbocycles. The normalized spacial score (nSPS) is 11.4. The Hall–Kier alpha value is -2.15. The van der Waals surface area contributed by atoms with Gasteiger partial charge in [-0.1, -0.05) is 11.6 Å². The van der Waals surface area contributed by atoms with Crippen molar-refractivity contribution >= 4 is 17.2 Å². The van der Waals surface area contributed by atoms with Gasteiger partial charge in [-0.05, 0) is 18.2 Å². The molecule has 0 aliphatic rings. The number of rotatable bonds is 2. The number of nitrogens with zero attached hydrogens (tertiary/aromatic N) is 4. The third-order valence-corrected chi connectivity index (χ3v) is 2.97. The molecule has 3 heterocycles. The SMILES string of the molecule is Fc1cnc(-c2cnc3ccc(C(F)F)nn23)cc1Cl. The van der Waals surface area contributed by atoms with Gasteiger partial charge in [0.25, 0.3) is 6.43 Å². The molecule has 0 unspecified atom stereocenters. The Morgan fingerprint density at radius 2 is 1.95 bits per heavy atom. The van der Waals surface area contributed by atoms with Gasteiger partial charge in [-0.2, -0.15) is 5.10 Å². The van der Waals surface area contributed by atoms with Gasteiger partial charge in [-0.15, -0.1) is 0 Å². The molecule has 4 nitrogen and oxygen atoms in total. The lowest BCUT2D eigenvalue weighted by atomic mass is 10.3. The average Bonchev–Trinajstić information content (AvgIpc) is 2.84. The molecule has 8 heteroatoms. The van der Waals surface area contributed by atoms with E-state index in [1.807, 2.05) is 0 Å². The molecule has 0 bridgehead atoms. The second kappa shape index (κ2) is 4.75. The van der Waals surface area contributed by atoms with Crippen molar-refractivity contribution in [1.29, 1.82) is 0 Å². The zero-order valence-corrected chi connectivity index (χ0v) is 10.5. The number of alkyl halides is 2. The summed E-state index contributed by atoms with van der Waals surface area (Å²) in [6, 6.07) is 3.90. The summed E-state index contributed by atoms with van der Waals surface area (Å²) in [7, 11) is 0. The number of fused-ring (bicyclic) bond motifs is 1. The molecule has 3 aromatic heterocycles. The minimum absolute atomic E-state index is 0.116. The smallest absolute Gasteiger partial charge is 0.251 e. The monoisotopic (exact) mass is 298 g/mol. The Morgan fingerprint density at radius 1 is 1.15 bits per heavy atom. The Bertz CT molecular complexity index is 787. The van der Waals surface area contributed by atoms with Crippen molar-refractivity contribution in [2.45, 2.75) is 6.43 Å². The third-order valence-electron chi connectivity index (χ3n) is 2.68. The summed E-state index contributed by atoms with van der Waals surface area (Å²) < 4.78 is 39.7. The van der Waals surface area contributed by atoms with E-state index in [-0.39, 0.29) is 10.7 Å². The van der Waals surface area contributed by atoms with E-state index in [4.69, 9.17) is 11.6 Å². The van der Waals surface area contributed by atoms with Crippen molar-refractivity contribution in [2.75, 3.05) is 0 Å². The Kier molecular flexibility index (Phi) is 3.06. The number of pyridine rings is 1. The molecule has 0 saturated heterocycles. The van der Waals surface area contributed by atoms with Crippen LogP contribution in [0.2, 0.25) is 5.02 Å². The molecule has 20 heavy (non-hydrogen) atoms. The fourth-order valence-corrected chi connectivity index (χ4v) is 1.88. The molecule has 0 aromatic carbocycles. The van der Waals surface area contributed by atoms with E-state index in [1.165, 1.54) is 28.9 Å². The van der Waals surface area contributed by atoms with Crippen LogP contribution < -0.4 is 0 Å². The van der Waals surface area contributed by atoms with Crippen molar-refractivity contribution in [3.8, 4) is 11.4 Å². The molecule has 102 valence electrons. The molecule has 0 radical (unpaired) electrons. The molecular weight excluding hydrogens is 293 g/mol. The Morgan fingerprint density at radius 3 is 2.65 bits per heavy atom. The van der Waals surface area contributed by atoms with E-state index >= 15 is 0 Å². The maximum atomic E-state index is 13.1. The Balaban J connectivity index is 2.20. The predicted molar refractivity (Wildman–Crippen MR) is 66.1 cm³/mol. The zero-order valence-electron chi connectivity index (χ0n) is 9.76. The Labute approximate surface area is 115 Å². The summed E-state index contributed by atoms with van der Waals surface area (Å²) in [6.45, 7) is 0. The van der Waals surface area contributed by atoms with Gasteiger partial charge in [0.05, 0.1) is 23.1 Å². The summed E-state index contributed by atoms with van der Waals surface area (Å²) in [5.41, 5.74) is 0.642. The van der Waals surface area contributed by atoms with Gasteiger partial charge < -0.3 is 0 Å². The van der Waals surface area contributed by atoms with E-state index in [9.17, 15) is 13.2 Å². The van der Waals surface area contributed by atoms with E-state index in [2.05, 4.69) is 15.1 Å². The number of imidazole rings is 1. The fraction of sp³-hybridized carbons (Fsp3) is 0.0833. The summed E-state index contributed by atoms with van der Waals surface area (Å²) in [5, 5.41) is 3.67. The van der Waals surface area contributed by atoms with Gasteiger partial charge in [0.15, 0.2) is 11.5 Å². The molecular formula is C12H6ClF3N4. The second-order valence-electron chi connectivity index (χ2n) is 3.96. The van der Waals surface area contributed by atoms with Crippen molar-refractivity contribution in [2.24, 2.45) is 0 Å². The number of hydrogen-bond acceptors (Lipinski definition) is 3. The third kappa shape index (κ3) is 2.09. The van der Waals surface area contributed by atoms with Crippen molar-refractivity contribution in [1.82, 2.24) is 19.6 Å². The zero-order chi connectivity index (χ0) is 14.3. The first-order valence-electron chi connectivity index (χ1n) is 5.50. The standard InChI is InChI=1S/C12H6ClF3N4/c13-6-3-9(17-4-7(6)14)10-5-18-11-2-1-8(12(15)16)19-20(10)11/h1-5,12H. The summed E-state index contributed by atoms with van der Waals surface area (Å²) in [4.78, 5) is 7.88. The van der Waals surface area contributed by atoms with Crippen LogP contribution in [0.15, 0.2) is 30.6 Å². The van der Waals surface area contributed by atoms with Crippen LogP contribution in [0.4, 0.5) is 13.2 Å². The van der Waals surface area contributed by atoms with E-state index in [1.54, 1.807) is 0 Å². The largest absolute Gasteiger partial charge is 0.282 e. The van der Waals surface area contributed by atoms with Crippen LogP contribution in [0.25, 0.3) is 17.0 Å². The van der Waals surface area contributed by atoms with Gasteiger partial charge in [0.2, 0.25) is 0 Å².